The quantitative estimate of drug-likeness (QED) is 0.850. The number of nitrogens with zero attached hydrogens (tertiary/aromatic N) is 2. The van der Waals surface area contributed by atoms with Gasteiger partial charge in [-0.25, -0.2) is 0 Å². The van der Waals surface area contributed by atoms with Crippen LogP contribution >= 0.6 is 11.6 Å². The molecule has 6 heteroatoms. The van der Waals surface area contributed by atoms with Gasteiger partial charge in [-0.3, -0.25) is 9.89 Å². The maximum absolute atomic E-state index is 12.0. The number of carbonyl (C=O) groups excluding carboxylic acids is 1. The fourth-order valence-electron chi connectivity index (χ4n) is 2.86. The maximum Gasteiger partial charge on any atom is 0.225 e. The topological polar surface area (TPSA) is 61.0 Å². The Labute approximate surface area is 141 Å². The van der Waals surface area contributed by atoms with E-state index in [2.05, 4.69) is 20.4 Å². The zero-order valence-corrected chi connectivity index (χ0v) is 13.8. The molecule has 23 heavy (non-hydrogen) atoms. The van der Waals surface area contributed by atoms with Crippen molar-refractivity contribution in [2.75, 3.05) is 25.0 Å². The maximum atomic E-state index is 12.0. The van der Waals surface area contributed by atoms with E-state index in [4.69, 9.17) is 11.6 Å². The van der Waals surface area contributed by atoms with Crippen LogP contribution in [-0.4, -0.2) is 40.6 Å². The Morgan fingerprint density at radius 2 is 2.13 bits per heavy atom. The van der Waals surface area contributed by atoms with Crippen LogP contribution in [0.2, 0.25) is 5.02 Å². The highest BCUT2D eigenvalue weighted by Crippen LogP contribution is 2.22. The molecule has 1 aliphatic rings. The van der Waals surface area contributed by atoms with Gasteiger partial charge in [0.2, 0.25) is 5.91 Å². The number of H-pyrrole nitrogens is 1. The number of hydrogen-bond acceptors (Lipinski definition) is 3. The molecule has 1 aromatic heterocycles. The second-order valence-electron chi connectivity index (χ2n) is 5.88. The molecule has 122 valence electrons. The number of benzene rings is 1. The number of nitrogens with one attached hydrogen (secondary N) is 2. The molecule has 0 saturated carbocycles. The number of anilines is 1. The molecule has 5 nitrogen and oxygen atoms in total. The van der Waals surface area contributed by atoms with E-state index in [1.807, 2.05) is 30.3 Å². The number of likely N-dealkylation sites (tertiary alicyclic amines) is 1. The van der Waals surface area contributed by atoms with E-state index < -0.39 is 0 Å². The number of rotatable bonds is 6. The van der Waals surface area contributed by atoms with Crippen molar-refractivity contribution in [3.8, 4) is 11.3 Å². The number of carbonyl (C=O) groups is 1. The van der Waals surface area contributed by atoms with Gasteiger partial charge in [0.1, 0.15) is 0 Å². The molecule has 2 aromatic rings. The van der Waals surface area contributed by atoms with Crippen molar-refractivity contribution in [1.29, 1.82) is 0 Å². The first kappa shape index (κ1) is 16.0. The standard InChI is InChI=1S/C17H21ClN4O/c18-14-6-3-5-13(11-14)15-12-16(21-20-15)19-17(23)7-4-10-22-8-1-2-9-22/h3,5-6,11-12H,1-2,4,7-10H2,(H2,19,20,21,23). The molecule has 1 amide bonds. The van der Waals surface area contributed by atoms with Crippen LogP contribution in [-0.2, 0) is 4.79 Å². The molecular formula is C17H21ClN4O. The number of amides is 1. The van der Waals surface area contributed by atoms with Gasteiger partial charge in [0, 0.05) is 23.1 Å². The van der Waals surface area contributed by atoms with Crippen LogP contribution in [0.5, 0.6) is 0 Å². The summed E-state index contributed by atoms with van der Waals surface area (Å²) in [5.41, 5.74) is 1.78. The van der Waals surface area contributed by atoms with Crippen LogP contribution in [0, 0.1) is 0 Å². The highest BCUT2D eigenvalue weighted by atomic mass is 35.5. The van der Waals surface area contributed by atoms with Gasteiger partial charge < -0.3 is 10.2 Å². The van der Waals surface area contributed by atoms with E-state index in [1.54, 1.807) is 0 Å². The Kier molecular flexibility index (Phi) is 5.31. The normalized spacial score (nSPS) is 15.0. The zero-order chi connectivity index (χ0) is 16.1. The molecule has 0 atom stereocenters. The highest BCUT2D eigenvalue weighted by molar-refractivity contribution is 6.30. The van der Waals surface area contributed by atoms with E-state index in [-0.39, 0.29) is 5.91 Å². The minimum absolute atomic E-state index is 0.00772. The van der Waals surface area contributed by atoms with Crippen LogP contribution in [0.15, 0.2) is 30.3 Å². The molecular weight excluding hydrogens is 312 g/mol. The molecule has 2 heterocycles. The molecule has 1 aromatic carbocycles. The predicted octanol–water partition coefficient (Wildman–Crippen LogP) is 3.54. The molecule has 1 fully saturated rings. The fraction of sp³-hybridized carbons (Fsp3) is 0.412. The van der Waals surface area contributed by atoms with E-state index in [0.717, 1.165) is 24.2 Å². The summed E-state index contributed by atoms with van der Waals surface area (Å²) in [7, 11) is 0. The van der Waals surface area contributed by atoms with Crippen LogP contribution < -0.4 is 5.32 Å². The lowest BCUT2D eigenvalue weighted by molar-refractivity contribution is -0.116. The first-order valence-corrected chi connectivity index (χ1v) is 8.42. The van der Waals surface area contributed by atoms with Crippen molar-refractivity contribution >= 4 is 23.3 Å². The van der Waals surface area contributed by atoms with Crippen LogP contribution in [0.3, 0.4) is 0 Å². The average Bonchev–Trinajstić information content (AvgIpc) is 3.19. The summed E-state index contributed by atoms with van der Waals surface area (Å²) in [4.78, 5) is 14.4. The minimum atomic E-state index is 0.00772. The Balaban J connectivity index is 1.49. The van der Waals surface area contributed by atoms with Crippen molar-refractivity contribution in [3.63, 3.8) is 0 Å². The third kappa shape index (κ3) is 4.56. The molecule has 1 aliphatic heterocycles. The molecule has 3 rings (SSSR count). The lowest BCUT2D eigenvalue weighted by atomic mass is 10.1. The second kappa shape index (κ2) is 7.62. The van der Waals surface area contributed by atoms with E-state index >= 15 is 0 Å². The van der Waals surface area contributed by atoms with Crippen molar-refractivity contribution in [2.24, 2.45) is 0 Å². The summed E-state index contributed by atoms with van der Waals surface area (Å²) in [6.45, 7) is 3.34. The van der Waals surface area contributed by atoms with Gasteiger partial charge in [-0.2, -0.15) is 5.10 Å². The SMILES string of the molecule is O=C(CCCN1CCCC1)Nc1cc(-c2cccc(Cl)c2)[nH]n1. The van der Waals surface area contributed by atoms with Crippen LogP contribution in [0.1, 0.15) is 25.7 Å². The third-order valence-corrected chi connectivity index (χ3v) is 4.29. The smallest absolute Gasteiger partial charge is 0.225 e. The molecule has 0 spiro atoms. The Hall–Kier alpha value is -1.85. The lowest BCUT2D eigenvalue weighted by Gasteiger charge is -2.13. The van der Waals surface area contributed by atoms with Crippen molar-refractivity contribution < 1.29 is 4.79 Å². The molecule has 0 bridgehead atoms. The van der Waals surface area contributed by atoms with Crippen LogP contribution in [0.25, 0.3) is 11.3 Å². The van der Waals surface area contributed by atoms with Gasteiger partial charge in [0.25, 0.3) is 0 Å². The zero-order valence-electron chi connectivity index (χ0n) is 13.0. The van der Waals surface area contributed by atoms with Gasteiger partial charge in [0.15, 0.2) is 5.82 Å². The Bertz CT molecular complexity index is 664. The van der Waals surface area contributed by atoms with E-state index in [0.29, 0.717) is 17.3 Å². The van der Waals surface area contributed by atoms with Crippen molar-refractivity contribution in [1.82, 2.24) is 15.1 Å². The summed E-state index contributed by atoms with van der Waals surface area (Å²) < 4.78 is 0. The first-order valence-electron chi connectivity index (χ1n) is 8.04. The molecule has 0 aliphatic carbocycles. The van der Waals surface area contributed by atoms with Crippen molar-refractivity contribution in [2.45, 2.75) is 25.7 Å². The summed E-state index contributed by atoms with van der Waals surface area (Å²) in [5, 5.41) is 10.6. The fourth-order valence-corrected chi connectivity index (χ4v) is 3.05. The van der Waals surface area contributed by atoms with Gasteiger partial charge in [-0.15, -0.1) is 0 Å². The largest absolute Gasteiger partial charge is 0.309 e. The average molecular weight is 333 g/mol. The summed E-state index contributed by atoms with van der Waals surface area (Å²) >= 11 is 5.99. The summed E-state index contributed by atoms with van der Waals surface area (Å²) in [6.07, 6.45) is 3.98. The molecule has 0 radical (unpaired) electrons. The number of aromatic nitrogens is 2. The van der Waals surface area contributed by atoms with Gasteiger partial charge in [-0.1, -0.05) is 23.7 Å². The van der Waals surface area contributed by atoms with Gasteiger partial charge in [-0.05, 0) is 51.0 Å². The molecule has 2 N–H and O–H groups in total. The second-order valence-corrected chi connectivity index (χ2v) is 6.31. The number of aromatic amines is 1. The molecule has 1 saturated heterocycles. The first-order chi connectivity index (χ1) is 11.2. The summed E-state index contributed by atoms with van der Waals surface area (Å²) in [5.74, 6) is 0.555. The highest BCUT2D eigenvalue weighted by Gasteiger charge is 2.12. The van der Waals surface area contributed by atoms with Crippen LogP contribution in [0.4, 0.5) is 5.82 Å². The summed E-state index contributed by atoms with van der Waals surface area (Å²) in [6, 6.07) is 9.33. The monoisotopic (exact) mass is 332 g/mol. The van der Waals surface area contributed by atoms with E-state index in [1.165, 1.54) is 25.9 Å². The van der Waals surface area contributed by atoms with Gasteiger partial charge >= 0.3 is 0 Å². The Morgan fingerprint density at radius 3 is 2.91 bits per heavy atom. The number of halogens is 1. The third-order valence-electron chi connectivity index (χ3n) is 4.06. The van der Waals surface area contributed by atoms with Crippen molar-refractivity contribution in [3.05, 3.63) is 35.4 Å². The minimum Gasteiger partial charge on any atom is -0.309 e. The lowest BCUT2D eigenvalue weighted by Crippen LogP contribution is -2.22. The molecule has 0 unspecified atom stereocenters. The van der Waals surface area contributed by atoms with Gasteiger partial charge in [0.05, 0.1) is 5.69 Å². The predicted molar refractivity (Wildman–Crippen MR) is 92.6 cm³/mol. The number of hydrogen-bond donors (Lipinski definition) is 2. The van der Waals surface area contributed by atoms with E-state index in [9.17, 15) is 4.79 Å². The Morgan fingerprint density at radius 1 is 1.30 bits per heavy atom.